The second-order valence-corrected chi connectivity index (χ2v) is 4.99. The number of nitrogens with one attached hydrogen (secondary N) is 1. The number of carboxylic acid groups (broad SMARTS) is 1. The Morgan fingerprint density at radius 1 is 1.10 bits per heavy atom. The smallest absolute Gasteiger partial charge is 0.339 e. The molecule has 0 aromatic heterocycles. The first-order valence-corrected chi connectivity index (χ1v) is 6.50. The van der Waals surface area contributed by atoms with Crippen LogP contribution in [-0.4, -0.2) is 22.1 Å². The summed E-state index contributed by atoms with van der Waals surface area (Å²) in [5.74, 6) is -2.02. The third-order valence-electron chi connectivity index (χ3n) is 2.88. The van der Waals surface area contributed by atoms with Gasteiger partial charge < -0.3 is 15.5 Å². The summed E-state index contributed by atoms with van der Waals surface area (Å²) >= 11 is 4.23. The van der Waals surface area contributed by atoms with Gasteiger partial charge in [-0.3, -0.25) is 4.79 Å². The molecule has 5 nitrogen and oxygen atoms in total. The van der Waals surface area contributed by atoms with E-state index in [1.807, 2.05) is 13.0 Å². The van der Waals surface area contributed by atoms with Crippen LogP contribution in [0.15, 0.2) is 41.3 Å². The predicted octanol–water partition coefficient (Wildman–Crippen LogP) is 2.94. The first kappa shape index (κ1) is 14.9. The van der Waals surface area contributed by atoms with Gasteiger partial charge in [0, 0.05) is 10.6 Å². The summed E-state index contributed by atoms with van der Waals surface area (Å²) in [6, 6.07) is 9.08. The lowest BCUT2D eigenvalue weighted by atomic mass is 10.1. The molecule has 0 aliphatic carbocycles. The fraction of sp³-hybridized carbons (Fsp3) is 0.0667. The zero-order chi connectivity index (χ0) is 15.6. The number of carbonyl (C=O) groups is 2. The van der Waals surface area contributed by atoms with Crippen LogP contribution in [0.1, 0.15) is 26.3 Å². The minimum Gasteiger partial charge on any atom is -0.507 e. The molecule has 0 atom stereocenters. The first-order chi connectivity index (χ1) is 9.88. The monoisotopic (exact) mass is 303 g/mol. The van der Waals surface area contributed by atoms with Crippen LogP contribution in [-0.2, 0) is 0 Å². The summed E-state index contributed by atoms with van der Waals surface area (Å²) in [7, 11) is 0. The molecule has 0 aliphatic rings. The van der Waals surface area contributed by atoms with Crippen molar-refractivity contribution in [2.75, 3.05) is 5.32 Å². The standard InChI is InChI=1S/C15H13NO4S/c1-8-2-5-13(21)11(6-8)14(18)16-9-3-4-12(17)10(7-9)15(19)20/h2-7,17,21H,1H3,(H,16,18)(H,19,20). The third-order valence-corrected chi connectivity index (χ3v) is 3.27. The normalized spacial score (nSPS) is 10.2. The van der Waals surface area contributed by atoms with Crippen LogP contribution in [0.25, 0.3) is 0 Å². The van der Waals surface area contributed by atoms with Crippen molar-refractivity contribution >= 4 is 30.2 Å². The summed E-state index contributed by atoms with van der Waals surface area (Å²) in [6.07, 6.45) is 0. The van der Waals surface area contributed by atoms with Gasteiger partial charge in [0.05, 0.1) is 5.56 Å². The van der Waals surface area contributed by atoms with Crippen molar-refractivity contribution < 1.29 is 19.8 Å². The number of amides is 1. The lowest BCUT2D eigenvalue weighted by molar-refractivity contribution is 0.0693. The molecule has 6 heteroatoms. The molecule has 2 aromatic carbocycles. The first-order valence-electron chi connectivity index (χ1n) is 6.06. The van der Waals surface area contributed by atoms with Crippen LogP contribution < -0.4 is 5.32 Å². The Morgan fingerprint density at radius 3 is 2.48 bits per heavy atom. The van der Waals surface area contributed by atoms with E-state index in [2.05, 4.69) is 17.9 Å². The maximum atomic E-state index is 12.2. The number of hydrogen-bond donors (Lipinski definition) is 4. The molecule has 2 aromatic rings. The minimum atomic E-state index is -1.27. The molecule has 3 N–H and O–H groups in total. The van der Waals surface area contributed by atoms with Gasteiger partial charge in [0.25, 0.3) is 5.91 Å². The Balaban J connectivity index is 2.29. The van der Waals surface area contributed by atoms with E-state index >= 15 is 0 Å². The quantitative estimate of drug-likeness (QED) is 0.518. The van der Waals surface area contributed by atoms with Gasteiger partial charge in [-0.15, -0.1) is 12.6 Å². The Morgan fingerprint density at radius 2 is 1.81 bits per heavy atom. The number of rotatable bonds is 3. The Labute approximate surface area is 126 Å². The number of phenols is 1. The molecule has 0 unspecified atom stereocenters. The maximum absolute atomic E-state index is 12.2. The van der Waals surface area contributed by atoms with E-state index in [0.29, 0.717) is 10.5 Å². The molecule has 21 heavy (non-hydrogen) atoms. The van der Waals surface area contributed by atoms with Crippen LogP contribution in [0.4, 0.5) is 5.69 Å². The molecule has 2 rings (SSSR count). The number of thiol groups is 1. The highest BCUT2D eigenvalue weighted by atomic mass is 32.1. The SMILES string of the molecule is Cc1ccc(S)c(C(=O)Nc2ccc(O)c(C(=O)O)c2)c1. The average molecular weight is 303 g/mol. The second kappa shape index (κ2) is 5.88. The molecular weight excluding hydrogens is 290 g/mol. The highest BCUT2D eigenvalue weighted by Gasteiger charge is 2.14. The Kier molecular flexibility index (Phi) is 4.18. The van der Waals surface area contributed by atoms with Crippen molar-refractivity contribution in [3.8, 4) is 5.75 Å². The minimum absolute atomic E-state index is 0.275. The average Bonchev–Trinajstić information content (AvgIpc) is 2.43. The van der Waals surface area contributed by atoms with E-state index in [-0.39, 0.29) is 17.0 Å². The van der Waals surface area contributed by atoms with Gasteiger partial charge in [-0.1, -0.05) is 11.6 Å². The summed E-state index contributed by atoms with van der Waals surface area (Å²) in [6.45, 7) is 1.85. The van der Waals surface area contributed by atoms with E-state index in [0.717, 1.165) is 5.56 Å². The number of aromatic carboxylic acids is 1. The largest absolute Gasteiger partial charge is 0.507 e. The summed E-state index contributed by atoms with van der Waals surface area (Å²) in [5, 5.41) is 21.0. The maximum Gasteiger partial charge on any atom is 0.339 e. The highest BCUT2D eigenvalue weighted by Crippen LogP contribution is 2.23. The zero-order valence-corrected chi connectivity index (χ0v) is 12.0. The van der Waals surface area contributed by atoms with Gasteiger partial charge >= 0.3 is 5.97 Å². The van der Waals surface area contributed by atoms with E-state index < -0.39 is 11.9 Å². The van der Waals surface area contributed by atoms with Crippen molar-refractivity contribution in [2.24, 2.45) is 0 Å². The number of aryl methyl sites for hydroxylation is 1. The lowest BCUT2D eigenvalue weighted by Gasteiger charge is -2.09. The number of benzene rings is 2. The summed E-state index contributed by atoms with van der Waals surface area (Å²) < 4.78 is 0. The van der Waals surface area contributed by atoms with Crippen molar-refractivity contribution in [2.45, 2.75) is 11.8 Å². The van der Waals surface area contributed by atoms with Crippen molar-refractivity contribution in [3.05, 3.63) is 53.1 Å². The molecule has 1 amide bonds. The van der Waals surface area contributed by atoms with Crippen LogP contribution in [0.5, 0.6) is 5.75 Å². The van der Waals surface area contributed by atoms with E-state index in [1.165, 1.54) is 18.2 Å². The van der Waals surface area contributed by atoms with Crippen LogP contribution >= 0.6 is 12.6 Å². The zero-order valence-electron chi connectivity index (χ0n) is 11.1. The van der Waals surface area contributed by atoms with Crippen molar-refractivity contribution in [1.29, 1.82) is 0 Å². The van der Waals surface area contributed by atoms with Gasteiger partial charge in [0.1, 0.15) is 11.3 Å². The van der Waals surface area contributed by atoms with E-state index in [1.54, 1.807) is 12.1 Å². The molecule has 0 saturated carbocycles. The molecule has 108 valence electrons. The molecule has 0 spiro atoms. The van der Waals surface area contributed by atoms with Gasteiger partial charge in [-0.05, 0) is 37.3 Å². The lowest BCUT2D eigenvalue weighted by Crippen LogP contribution is -2.13. The van der Waals surface area contributed by atoms with Gasteiger partial charge in [0.15, 0.2) is 0 Å². The number of hydrogen-bond acceptors (Lipinski definition) is 4. The molecule has 0 aliphatic heterocycles. The third kappa shape index (κ3) is 3.35. The molecule has 0 fully saturated rings. The summed E-state index contributed by atoms with van der Waals surface area (Å²) in [5.41, 5.74) is 1.31. The number of carbonyl (C=O) groups excluding carboxylic acids is 1. The predicted molar refractivity (Wildman–Crippen MR) is 81.5 cm³/mol. The highest BCUT2D eigenvalue weighted by molar-refractivity contribution is 7.80. The van der Waals surface area contributed by atoms with Crippen LogP contribution in [0, 0.1) is 6.92 Å². The number of anilines is 1. The molecule has 0 bridgehead atoms. The topological polar surface area (TPSA) is 86.6 Å². The van der Waals surface area contributed by atoms with Gasteiger partial charge in [-0.25, -0.2) is 4.79 Å². The van der Waals surface area contributed by atoms with Gasteiger partial charge in [-0.2, -0.15) is 0 Å². The summed E-state index contributed by atoms with van der Waals surface area (Å²) in [4.78, 5) is 23.7. The second-order valence-electron chi connectivity index (χ2n) is 4.51. The molecule has 0 radical (unpaired) electrons. The van der Waals surface area contributed by atoms with Crippen molar-refractivity contribution in [1.82, 2.24) is 0 Å². The molecule has 0 saturated heterocycles. The Hall–Kier alpha value is -2.47. The fourth-order valence-electron chi connectivity index (χ4n) is 1.82. The molecule has 0 heterocycles. The number of aromatic hydroxyl groups is 1. The number of carboxylic acids is 1. The Bertz CT molecular complexity index is 728. The molecular formula is C15H13NO4S. The van der Waals surface area contributed by atoms with Crippen LogP contribution in [0.3, 0.4) is 0 Å². The fourth-order valence-corrected chi connectivity index (χ4v) is 2.06. The van der Waals surface area contributed by atoms with E-state index in [9.17, 15) is 14.7 Å². The van der Waals surface area contributed by atoms with Crippen molar-refractivity contribution in [3.63, 3.8) is 0 Å². The van der Waals surface area contributed by atoms with Crippen LogP contribution in [0.2, 0.25) is 0 Å². The van der Waals surface area contributed by atoms with E-state index in [4.69, 9.17) is 5.11 Å². The van der Waals surface area contributed by atoms with Gasteiger partial charge in [0.2, 0.25) is 0 Å².